The number of benzene rings is 2. The molecule has 1 aromatic heterocycles. The first-order valence-corrected chi connectivity index (χ1v) is 10.1. The third kappa shape index (κ3) is 3.36. The molecule has 0 fully saturated rings. The van der Waals surface area contributed by atoms with Crippen molar-refractivity contribution in [3.63, 3.8) is 0 Å². The molecule has 2 aromatic carbocycles. The predicted molar refractivity (Wildman–Crippen MR) is 104 cm³/mol. The second-order valence-electron chi connectivity index (χ2n) is 6.32. The molecule has 4 nitrogen and oxygen atoms in total. The maximum absolute atomic E-state index is 11.9. The van der Waals surface area contributed by atoms with Crippen molar-refractivity contribution in [1.29, 1.82) is 0 Å². The van der Waals surface area contributed by atoms with E-state index in [9.17, 15) is 8.42 Å². The first kappa shape index (κ1) is 17.7. The van der Waals surface area contributed by atoms with Crippen molar-refractivity contribution < 1.29 is 8.42 Å². The Hall–Kier alpha value is -2.08. The van der Waals surface area contributed by atoms with Crippen molar-refractivity contribution in [1.82, 2.24) is 9.97 Å². The second kappa shape index (κ2) is 6.67. The quantitative estimate of drug-likeness (QED) is 0.718. The Labute approximate surface area is 149 Å². The zero-order valence-electron chi connectivity index (χ0n) is 15.1. The number of H-pyrrole nitrogens is 1. The molecule has 0 saturated heterocycles. The lowest BCUT2D eigenvalue weighted by Gasteiger charge is -2.07. The van der Waals surface area contributed by atoms with Crippen LogP contribution in [0.3, 0.4) is 0 Å². The highest BCUT2D eigenvalue weighted by molar-refractivity contribution is 7.91. The van der Waals surface area contributed by atoms with Gasteiger partial charge in [-0.15, -0.1) is 0 Å². The Morgan fingerprint density at radius 1 is 1.16 bits per heavy atom. The van der Waals surface area contributed by atoms with Gasteiger partial charge >= 0.3 is 0 Å². The lowest BCUT2D eigenvalue weighted by atomic mass is 9.68. The van der Waals surface area contributed by atoms with E-state index in [2.05, 4.69) is 32.2 Å². The van der Waals surface area contributed by atoms with Gasteiger partial charge in [0.2, 0.25) is 0 Å². The monoisotopic (exact) mass is 353 g/mol. The van der Waals surface area contributed by atoms with Crippen molar-refractivity contribution in [3.8, 4) is 0 Å². The van der Waals surface area contributed by atoms with Gasteiger partial charge in [-0.1, -0.05) is 36.9 Å². The normalized spacial score (nSPS) is 11.8. The van der Waals surface area contributed by atoms with E-state index in [0.717, 1.165) is 22.4 Å². The summed E-state index contributed by atoms with van der Waals surface area (Å²) in [5.41, 5.74) is 6.73. The van der Waals surface area contributed by atoms with Crippen molar-refractivity contribution in [2.45, 2.75) is 38.9 Å². The van der Waals surface area contributed by atoms with Gasteiger partial charge < -0.3 is 4.98 Å². The van der Waals surface area contributed by atoms with Crippen LogP contribution < -0.4 is 5.46 Å². The topological polar surface area (TPSA) is 62.8 Å². The third-order valence-electron chi connectivity index (χ3n) is 4.65. The SMILES string of the molecule is C[B]c1c(C)cc2[nH]c(Cc3ccc(S(=O)(=O)CC)cc3)nc2c1C. The summed E-state index contributed by atoms with van der Waals surface area (Å²) in [5.74, 6) is 1.00. The number of nitrogens with zero attached hydrogens (tertiary/aromatic N) is 1. The molecule has 0 spiro atoms. The fourth-order valence-electron chi connectivity index (χ4n) is 3.25. The van der Waals surface area contributed by atoms with Crippen LogP contribution in [0.1, 0.15) is 29.4 Å². The summed E-state index contributed by atoms with van der Waals surface area (Å²) in [6.07, 6.45) is 0.644. The standard InChI is InChI=1S/C19H22BN2O2S/c1-5-25(23,24)15-8-6-14(7-9-15)11-17-21-16-10-12(2)18(20-4)13(3)19(16)22-17/h6-10H,5,11H2,1-4H3,(H,21,22). The zero-order chi connectivity index (χ0) is 18.2. The average Bonchev–Trinajstić information content (AvgIpc) is 2.98. The van der Waals surface area contributed by atoms with Gasteiger partial charge in [0.15, 0.2) is 9.84 Å². The molecule has 0 bridgehead atoms. The van der Waals surface area contributed by atoms with Gasteiger partial charge in [0.05, 0.1) is 21.7 Å². The van der Waals surface area contributed by atoms with Crippen LogP contribution in [0.25, 0.3) is 11.0 Å². The number of fused-ring (bicyclic) bond motifs is 1. The molecule has 0 aliphatic rings. The van der Waals surface area contributed by atoms with Crippen molar-refractivity contribution in [2.24, 2.45) is 0 Å². The molecule has 0 aliphatic carbocycles. The van der Waals surface area contributed by atoms with E-state index in [1.807, 2.05) is 19.0 Å². The number of imidazole rings is 1. The Bertz CT molecular complexity index is 1020. The molecule has 1 N–H and O–H groups in total. The third-order valence-corrected chi connectivity index (χ3v) is 6.40. The van der Waals surface area contributed by atoms with Crippen LogP contribution in [0.2, 0.25) is 6.82 Å². The summed E-state index contributed by atoms with van der Waals surface area (Å²) in [5, 5.41) is 0. The lowest BCUT2D eigenvalue weighted by Crippen LogP contribution is -2.18. The van der Waals surface area contributed by atoms with Gasteiger partial charge in [0.25, 0.3) is 0 Å². The average molecular weight is 353 g/mol. The van der Waals surface area contributed by atoms with Gasteiger partial charge in [-0.05, 0) is 43.2 Å². The Balaban J connectivity index is 1.92. The zero-order valence-corrected chi connectivity index (χ0v) is 15.9. The molecule has 6 heteroatoms. The summed E-state index contributed by atoms with van der Waals surface area (Å²) < 4.78 is 23.8. The molecule has 3 rings (SSSR count). The van der Waals surface area contributed by atoms with Gasteiger partial charge in [0, 0.05) is 6.42 Å². The van der Waals surface area contributed by atoms with E-state index in [4.69, 9.17) is 4.98 Å². The number of hydrogen-bond acceptors (Lipinski definition) is 3. The summed E-state index contributed by atoms with van der Waals surface area (Å²) >= 11 is 0. The van der Waals surface area contributed by atoms with Crippen LogP contribution in [-0.4, -0.2) is 31.4 Å². The molecular formula is C19H22BN2O2S. The molecule has 0 atom stereocenters. The molecule has 3 aromatic rings. The molecule has 0 aliphatic heterocycles. The fraction of sp³-hybridized carbons (Fsp3) is 0.316. The minimum Gasteiger partial charge on any atom is -0.342 e. The van der Waals surface area contributed by atoms with Crippen molar-refractivity contribution >= 4 is 33.6 Å². The van der Waals surface area contributed by atoms with Gasteiger partial charge in [-0.2, -0.15) is 0 Å². The van der Waals surface area contributed by atoms with Crippen LogP contribution in [-0.2, 0) is 16.3 Å². The largest absolute Gasteiger partial charge is 0.342 e. The summed E-state index contributed by atoms with van der Waals surface area (Å²) in [6.45, 7) is 7.90. The van der Waals surface area contributed by atoms with Crippen LogP contribution in [0.4, 0.5) is 0 Å². The van der Waals surface area contributed by atoms with E-state index < -0.39 is 9.84 Å². The number of rotatable bonds is 5. The molecule has 129 valence electrons. The number of aromatic nitrogens is 2. The Kier molecular flexibility index (Phi) is 4.74. The molecule has 1 radical (unpaired) electrons. The number of nitrogens with one attached hydrogen (secondary N) is 1. The molecule has 25 heavy (non-hydrogen) atoms. The predicted octanol–water partition coefficient (Wildman–Crippen LogP) is 2.94. The number of aryl methyl sites for hydroxylation is 2. The number of sulfone groups is 1. The van der Waals surface area contributed by atoms with Crippen LogP contribution in [0.5, 0.6) is 0 Å². The van der Waals surface area contributed by atoms with E-state index >= 15 is 0 Å². The van der Waals surface area contributed by atoms with Gasteiger partial charge in [-0.3, -0.25) is 0 Å². The summed E-state index contributed by atoms with van der Waals surface area (Å²) in [7, 11) is -1.04. The van der Waals surface area contributed by atoms with E-state index in [0.29, 0.717) is 11.3 Å². The highest BCUT2D eigenvalue weighted by Crippen LogP contribution is 2.19. The number of hydrogen-bond donors (Lipinski definition) is 1. The van der Waals surface area contributed by atoms with Gasteiger partial charge in [-0.25, -0.2) is 13.4 Å². The maximum atomic E-state index is 11.9. The van der Waals surface area contributed by atoms with Crippen molar-refractivity contribution in [2.75, 3.05) is 5.75 Å². The highest BCUT2D eigenvalue weighted by atomic mass is 32.2. The Morgan fingerprint density at radius 2 is 1.84 bits per heavy atom. The lowest BCUT2D eigenvalue weighted by molar-refractivity contribution is 0.597. The van der Waals surface area contributed by atoms with Crippen molar-refractivity contribution in [3.05, 3.63) is 52.8 Å². The van der Waals surface area contributed by atoms with Crippen LogP contribution >= 0.6 is 0 Å². The molecule has 0 saturated carbocycles. The fourth-order valence-corrected chi connectivity index (χ4v) is 4.13. The molecule has 0 amide bonds. The minimum atomic E-state index is -3.15. The highest BCUT2D eigenvalue weighted by Gasteiger charge is 2.13. The maximum Gasteiger partial charge on any atom is 0.178 e. The first-order valence-electron chi connectivity index (χ1n) is 8.45. The number of aromatic amines is 1. The minimum absolute atomic E-state index is 0.116. The molecular weight excluding hydrogens is 331 g/mol. The Morgan fingerprint density at radius 3 is 2.44 bits per heavy atom. The van der Waals surface area contributed by atoms with Crippen LogP contribution in [0.15, 0.2) is 35.2 Å². The first-order chi connectivity index (χ1) is 11.9. The van der Waals surface area contributed by atoms with E-state index in [-0.39, 0.29) is 5.75 Å². The van der Waals surface area contributed by atoms with E-state index in [1.165, 1.54) is 16.6 Å². The smallest absolute Gasteiger partial charge is 0.178 e. The summed E-state index contributed by atoms with van der Waals surface area (Å²) in [6, 6.07) is 9.20. The van der Waals surface area contributed by atoms with E-state index in [1.54, 1.807) is 19.1 Å². The second-order valence-corrected chi connectivity index (χ2v) is 8.60. The molecule has 1 heterocycles. The summed E-state index contributed by atoms with van der Waals surface area (Å²) in [4.78, 5) is 8.51. The van der Waals surface area contributed by atoms with Crippen LogP contribution in [0, 0.1) is 13.8 Å². The molecule has 0 unspecified atom stereocenters. The van der Waals surface area contributed by atoms with Gasteiger partial charge in [0.1, 0.15) is 13.1 Å².